The van der Waals surface area contributed by atoms with Crippen LogP contribution in [0.25, 0.3) is 0 Å². The number of benzene rings is 1. The number of hydrogen-bond acceptors (Lipinski definition) is 3. The summed E-state index contributed by atoms with van der Waals surface area (Å²) in [5, 5.41) is 5.24. The maximum absolute atomic E-state index is 11.9. The zero-order valence-corrected chi connectivity index (χ0v) is 10.7. The zero-order valence-electron chi connectivity index (χ0n) is 7.52. The van der Waals surface area contributed by atoms with Crippen molar-refractivity contribution >= 4 is 49.3 Å². The Morgan fingerprint density at radius 1 is 1.27 bits per heavy atom. The summed E-state index contributed by atoms with van der Waals surface area (Å²) < 4.78 is -1.07. The molecule has 0 fully saturated rings. The SMILES string of the molecule is NC1=NN(c2ccccc2)C(=O)C1(Br)Br. The molecule has 0 spiro atoms. The molecule has 0 atom stereocenters. The molecule has 0 unspecified atom stereocenters. The molecule has 0 bridgehead atoms. The first-order valence-corrected chi connectivity index (χ1v) is 5.74. The minimum atomic E-state index is -1.07. The number of carbonyl (C=O) groups excluding carboxylic acids is 1. The van der Waals surface area contributed by atoms with Crippen LogP contribution in [0.2, 0.25) is 0 Å². The molecule has 78 valence electrons. The fourth-order valence-corrected chi connectivity index (χ4v) is 1.70. The van der Waals surface area contributed by atoms with E-state index in [2.05, 4.69) is 37.0 Å². The van der Waals surface area contributed by atoms with Gasteiger partial charge in [-0.1, -0.05) is 50.1 Å². The van der Waals surface area contributed by atoms with Gasteiger partial charge in [0.1, 0.15) is 0 Å². The lowest BCUT2D eigenvalue weighted by Crippen LogP contribution is -2.38. The summed E-state index contributed by atoms with van der Waals surface area (Å²) in [5.74, 6) is -0.0671. The van der Waals surface area contributed by atoms with E-state index in [1.54, 1.807) is 12.1 Å². The number of nitrogens with zero attached hydrogens (tertiary/aromatic N) is 2. The summed E-state index contributed by atoms with van der Waals surface area (Å²) in [6, 6.07) is 9.10. The van der Waals surface area contributed by atoms with E-state index in [0.717, 1.165) is 0 Å². The van der Waals surface area contributed by atoms with Crippen LogP contribution in [0.1, 0.15) is 0 Å². The number of anilines is 1. The number of halogens is 2. The average molecular weight is 333 g/mol. The molecular weight excluding hydrogens is 326 g/mol. The van der Waals surface area contributed by atoms with Gasteiger partial charge in [0.2, 0.25) is 3.23 Å². The molecule has 6 heteroatoms. The molecule has 2 rings (SSSR count). The fraction of sp³-hybridized carbons (Fsp3) is 0.111. The Morgan fingerprint density at radius 3 is 2.33 bits per heavy atom. The Balaban J connectivity index is 2.40. The molecule has 1 aliphatic rings. The second-order valence-electron chi connectivity index (χ2n) is 3.01. The van der Waals surface area contributed by atoms with Crippen LogP contribution in [0.15, 0.2) is 35.4 Å². The van der Waals surface area contributed by atoms with E-state index >= 15 is 0 Å². The third-order valence-corrected chi connectivity index (χ3v) is 3.48. The smallest absolute Gasteiger partial charge is 0.283 e. The Morgan fingerprint density at radius 2 is 1.87 bits per heavy atom. The van der Waals surface area contributed by atoms with Crippen molar-refractivity contribution in [1.82, 2.24) is 0 Å². The van der Waals surface area contributed by atoms with Crippen molar-refractivity contribution in [3.8, 4) is 0 Å². The van der Waals surface area contributed by atoms with Crippen LogP contribution in [0.4, 0.5) is 5.69 Å². The van der Waals surface area contributed by atoms with Crippen molar-refractivity contribution < 1.29 is 4.79 Å². The Kier molecular flexibility index (Phi) is 2.56. The number of hydrazone groups is 1. The summed E-state index contributed by atoms with van der Waals surface area (Å²) in [7, 11) is 0. The highest BCUT2D eigenvalue weighted by Gasteiger charge is 2.46. The zero-order chi connectivity index (χ0) is 11.1. The molecule has 1 aliphatic heterocycles. The second-order valence-corrected chi connectivity index (χ2v) is 6.46. The van der Waals surface area contributed by atoms with Gasteiger partial charge in [0.05, 0.1) is 5.69 Å². The predicted octanol–water partition coefficient (Wildman–Crippen LogP) is 1.79. The van der Waals surface area contributed by atoms with Crippen LogP contribution in [0, 0.1) is 0 Å². The predicted molar refractivity (Wildman–Crippen MR) is 66.1 cm³/mol. The monoisotopic (exact) mass is 331 g/mol. The van der Waals surface area contributed by atoms with Gasteiger partial charge in [0.15, 0.2) is 5.84 Å². The molecule has 0 saturated heterocycles. The normalized spacial score (nSPS) is 19.2. The van der Waals surface area contributed by atoms with Crippen molar-refractivity contribution in [2.75, 3.05) is 5.01 Å². The van der Waals surface area contributed by atoms with Gasteiger partial charge in [-0.15, -0.1) is 5.10 Å². The maximum Gasteiger partial charge on any atom is 0.283 e. The summed E-state index contributed by atoms with van der Waals surface area (Å²) in [6.45, 7) is 0. The molecule has 1 heterocycles. The quantitative estimate of drug-likeness (QED) is 0.797. The van der Waals surface area contributed by atoms with Crippen molar-refractivity contribution in [1.29, 1.82) is 0 Å². The molecule has 15 heavy (non-hydrogen) atoms. The van der Waals surface area contributed by atoms with Gasteiger partial charge in [-0.25, -0.2) is 0 Å². The second kappa shape index (κ2) is 3.61. The molecule has 0 saturated carbocycles. The van der Waals surface area contributed by atoms with E-state index in [0.29, 0.717) is 5.69 Å². The van der Waals surface area contributed by atoms with Crippen LogP contribution >= 0.6 is 31.9 Å². The first kappa shape index (κ1) is 10.6. The van der Waals surface area contributed by atoms with Crippen LogP contribution in [-0.2, 0) is 4.79 Å². The van der Waals surface area contributed by atoms with E-state index < -0.39 is 3.23 Å². The van der Waals surface area contributed by atoms with Crippen LogP contribution in [0.3, 0.4) is 0 Å². The van der Waals surface area contributed by atoms with Crippen molar-refractivity contribution in [2.45, 2.75) is 3.23 Å². The molecule has 2 N–H and O–H groups in total. The van der Waals surface area contributed by atoms with Crippen molar-refractivity contribution in [2.24, 2.45) is 10.8 Å². The number of nitrogens with two attached hydrogens (primary N) is 1. The lowest BCUT2D eigenvalue weighted by Gasteiger charge is -2.14. The summed E-state index contributed by atoms with van der Waals surface area (Å²) in [6.07, 6.45) is 0. The van der Waals surface area contributed by atoms with Crippen molar-refractivity contribution in [3.05, 3.63) is 30.3 Å². The van der Waals surface area contributed by atoms with Gasteiger partial charge in [-0.05, 0) is 12.1 Å². The van der Waals surface area contributed by atoms with Crippen LogP contribution < -0.4 is 10.7 Å². The molecule has 0 radical (unpaired) electrons. The van der Waals surface area contributed by atoms with E-state index in [1.165, 1.54) is 5.01 Å². The topological polar surface area (TPSA) is 58.7 Å². The number of para-hydroxylation sites is 1. The summed E-state index contributed by atoms with van der Waals surface area (Å²) >= 11 is 6.36. The molecule has 4 nitrogen and oxygen atoms in total. The highest BCUT2D eigenvalue weighted by molar-refractivity contribution is 9.26. The Labute approximate surface area is 103 Å². The number of alkyl halides is 2. The Hall–Kier alpha value is -0.880. The number of carbonyl (C=O) groups is 1. The fourth-order valence-electron chi connectivity index (χ4n) is 1.20. The lowest BCUT2D eigenvalue weighted by atomic mass is 10.3. The van der Waals surface area contributed by atoms with Gasteiger partial charge >= 0.3 is 0 Å². The standard InChI is InChI=1S/C9H7Br2N3O/c10-9(11)7(12)13-14(8(9)15)6-4-2-1-3-5-6/h1-5H,(H2,12,13). The first-order chi connectivity index (χ1) is 7.03. The molecule has 1 aromatic rings. The van der Waals surface area contributed by atoms with E-state index in [4.69, 9.17) is 5.73 Å². The van der Waals surface area contributed by atoms with Gasteiger partial charge in [-0.2, -0.15) is 5.01 Å². The van der Waals surface area contributed by atoms with Crippen molar-refractivity contribution in [3.63, 3.8) is 0 Å². The van der Waals surface area contributed by atoms with Gasteiger partial charge in [-0.3, -0.25) is 4.79 Å². The number of amides is 1. The maximum atomic E-state index is 11.9. The third kappa shape index (κ3) is 1.68. The number of amidine groups is 1. The van der Waals surface area contributed by atoms with E-state index in [1.807, 2.05) is 18.2 Å². The van der Waals surface area contributed by atoms with Crippen LogP contribution in [0.5, 0.6) is 0 Å². The Bertz CT molecular complexity index is 430. The lowest BCUT2D eigenvalue weighted by molar-refractivity contribution is -0.116. The minimum absolute atomic E-state index is 0.191. The molecule has 0 aliphatic carbocycles. The summed E-state index contributed by atoms with van der Waals surface area (Å²) in [4.78, 5) is 11.9. The molecule has 0 aromatic heterocycles. The molecular formula is C9H7Br2N3O. The number of rotatable bonds is 1. The minimum Gasteiger partial charge on any atom is -0.383 e. The number of hydrogen-bond donors (Lipinski definition) is 1. The van der Waals surface area contributed by atoms with E-state index in [9.17, 15) is 4.79 Å². The van der Waals surface area contributed by atoms with Gasteiger partial charge in [0, 0.05) is 0 Å². The molecule has 1 aromatic carbocycles. The van der Waals surface area contributed by atoms with Gasteiger partial charge < -0.3 is 5.73 Å². The summed E-state index contributed by atoms with van der Waals surface area (Å²) in [5.41, 5.74) is 6.31. The largest absolute Gasteiger partial charge is 0.383 e. The highest BCUT2D eigenvalue weighted by Crippen LogP contribution is 2.35. The first-order valence-electron chi connectivity index (χ1n) is 4.15. The highest BCUT2D eigenvalue weighted by atomic mass is 79.9. The van der Waals surface area contributed by atoms with Crippen LogP contribution in [-0.4, -0.2) is 15.0 Å². The molecule has 1 amide bonds. The van der Waals surface area contributed by atoms with Gasteiger partial charge in [0.25, 0.3) is 5.91 Å². The van der Waals surface area contributed by atoms with E-state index in [-0.39, 0.29) is 11.7 Å². The average Bonchev–Trinajstić information content (AvgIpc) is 2.44. The third-order valence-electron chi connectivity index (χ3n) is 1.99.